The molecule has 3 heteroatoms. The molecule has 2 nitrogen and oxygen atoms in total. The second kappa shape index (κ2) is 2.43. The summed E-state index contributed by atoms with van der Waals surface area (Å²) < 4.78 is 1.14. The molecule has 0 aliphatic carbocycles. The summed E-state index contributed by atoms with van der Waals surface area (Å²) in [6.45, 7) is 0. The summed E-state index contributed by atoms with van der Waals surface area (Å²) in [7, 11) is 0. The summed E-state index contributed by atoms with van der Waals surface area (Å²) >= 11 is 1.54. The summed E-state index contributed by atoms with van der Waals surface area (Å²) in [6.07, 6.45) is 1.28. The average Bonchev–Trinajstić information content (AvgIpc) is 2.46. The van der Waals surface area contributed by atoms with Crippen LogP contribution in [0.5, 0.6) is 0 Å². The Morgan fingerprint density at radius 3 is 2.91 bits per heavy atom. The van der Waals surface area contributed by atoms with E-state index < -0.39 is 0 Å². The fourth-order valence-electron chi connectivity index (χ4n) is 0.952. The quantitative estimate of drug-likeness (QED) is 0.642. The summed E-state index contributed by atoms with van der Waals surface area (Å²) in [5.74, 6) is 0. The lowest BCUT2D eigenvalue weighted by molar-refractivity contribution is 1.44. The number of benzene rings is 1. The number of rotatable bonds is 1. The third kappa shape index (κ3) is 1.03. The number of fused-ring (bicyclic) bond motifs is 1. The Kier molecular flexibility index (Phi) is 1.43. The first-order valence-electron chi connectivity index (χ1n) is 3.26. The smallest absolute Gasteiger partial charge is 0.134 e. The molecule has 0 bridgehead atoms. The normalized spacial score (nSPS) is 10.2. The van der Waals surface area contributed by atoms with Gasteiger partial charge in [0.1, 0.15) is 5.01 Å². The van der Waals surface area contributed by atoms with Gasteiger partial charge in [-0.25, -0.2) is 4.98 Å². The Morgan fingerprint density at radius 2 is 2.18 bits per heavy atom. The molecule has 0 atom stereocenters. The lowest BCUT2D eigenvalue weighted by Crippen LogP contribution is -1.72. The van der Waals surface area contributed by atoms with E-state index in [1.807, 2.05) is 24.3 Å². The van der Waals surface area contributed by atoms with Gasteiger partial charge in [-0.2, -0.15) is 0 Å². The molecule has 0 fully saturated rings. The van der Waals surface area contributed by atoms with Crippen LogP contribution in [0.3, 0.4) is 0 Å². The lowest BCUT2D eigenvalue weighted by atomic mass is 10.3. The third-order valence-corrected chi connectivity index (χ3v) is 2.42. The topological polar surface area (TPSA) is 36.7 Å². The number of thiazole rings is 1. The first-order valence-corrected chi connectivity index (χ1v) is 4.08. The van der Waals surface area contributed by atoms with Gasteiger partial charge in [0.25, 0.3) is 0 Å². The van der Waals surface area contributed by atoms with Gasteiger partial charge in [-0.1, -0.05) is 12.1 Å². The summed E-state index contributed by atoms with van der Waals surface area (Å²) in [6, 6.07) is 7.91. The van der Waals surface area contributed by atoms with Gasteiger partial charge in [0.05, 0.1) is 16.4 Å². The second-order valence-corrected chi connectivity index (χ2v) is 3.23. The van der Waals surface area contributed by atoms with Crippen LogP contribution in [0.1, 0.15) is 5.01 Å². The molecule has 0 spiro atoms. The minimum atomic E-state index is 0.770. The van der Waals surface area contributed by atoms with Crippen molar-refractivity contribution in [2.45, 2.75) is 0 Å². The molecular formula is C8H6N2S. The van der Waals surface area contributed by atoms with Crippen molar-refractivity contribution >= 4 is 27.8 Å². The molecule has 0 aliphatic heterocycles. The molecule has 0 unspecified atom stereocenters. The van der Waals surface area contributed by atoms with Crippen molar-refractivity contribution in [1.29, 1.82) is 5.41 Å². The Morgan fingerprint density at radius 1 is 1.36 bits per heavy atom. The monoisotopic (exact) mass is 162 g/mol. The zero-order valence-electron chi connectivity index (χ0n) is 5.74. The molecule has 11 heavy (non-hydrogen) atoms. The standard InChI is InChI=1S/C8H6N2S/c9-5-8-10-6-3-1-2-4-7(6)11-8/h1-5,9H. The predicted molar refractivity (Wildman–Crippen MR) is 47.5 cm³/mol. The molecule has 1 heterocycles. The highest BCUT2D eigenvalue weighted by Crippen LogP contribution is 2.19. The molecule has 0 aliphatic rings. The van der Waals surface area contributed by atoms with Crippen LogP contribution in [0.2, 0.25) is 0 Å². The summed E-state index contributed by atoms with van der Waals surface area (Å²) in [5, 5.41) is 7.77. The van der Waals surface area contributed by atoms with Gasteiger partial charge in [0.15, 0.2) is 0 Å². The van der Waals surface area contributed by atoms with Crippen LogP contribution >= 0.6 is 11.3 Å². The number of nitrogens with zero attached hydrogens (tertiary/aromatic N) is 1. The van der Waals surface area contributed by atoms with Crippen LogP contribution in [-0.4, -0.2) is 11.2 Å². The van der Waals surface area contributed by atoms with Crippen molar-refractivity contribution in [2.75, 3.05) is 0 Å². The van der Waals surface area contributed by atoms with Crippen molar-refractivity contribution in [3.05, 3.63) is 29.3 Å². The van der Waals surface area contributed by atoms with Crippen LogP contribution in [0, 0.1) is 5.41 Å². The van der Waals surface area contributed by atoms with E-state index in [1.54, 1.807) is 11.3 Å². The second-order valence-electron chi connectivity index (χ2n) is 2.16. The van der Waals surface area contributed by atoms with E-state index in [1.165, 1.54) is 6.21 Å². The van der Waals surface area contributed by atoms with Crippen molar-refractivity contribution in [3.8, 4) is 0 Å². The molecular weight excluding hydrogens is 156 g/mol. The van der Waals surface area contributed by atoms with Gasteiger partial charge in [-0.15, -0.1) is 11.3 Å². The molecule has 1 aromatic carbocycles. The Hall–Kier alpha value is -1.22. The number of aromatic nitrogens is 1. The largest absolute Gasteiger partial charge is 0.306 e. The highest BCUT2D eigenvalue weighted by Gasteiger charge is 1.97. The first kappa shape index (κ1) is 6.49. The van der Waals surface area contributed by atoms with E-state index in [4.69, 9.17) is 5.41 Å². The molecule has 0 radical (unpaired) electrons. The van der Waals surface area contributed by atoms with Gasteiger partial charge in [-0.3, -0.25) is 0 Å². The fraction of sp³-hybridized carbons (Fsp3) is 0. The first-order chi connectivity index (χ1) is 5.40. The van der Waals surface area contributed by atoms with Gasteiger partial charge in [0.2, 0.25) is 0 Å². The van der Waals surface area contributed by atoms with E-state index in [-0.39, 0.29) is 0 Å². The molecule has 54 valence electrons. The fourth-order valence-corrected chi connectivity index (χ4v) is 1.74. The predicted octanol–water partition coefficient (Wildman–Crippen LogP) is 2.29. The summed E-state index contributed by atoms with van der Waals surface area (Å²) in [4.78, 5) is 4.21. The van der Waals surface area contributed by atoms with Crippen LogP contribution in [0.4, 0.5) is 0 Å². The van der Waals surface area contributed by atoms with E-state index >= 15 is 0 Å². The maximum absolute atomic E-state index is 7.00. The van der Waals surface area contributed by atoms with E-state index in [9.17, 15) is 0 Å². The highest BCUT2D eigenvalue weighted by molar-refractivity contribution is 7.20. The zero-order chi connectivity index (χ0) is 7.68. The number of para-hydroxylation sites is 1. The maximum Gasteiger partial charge on any atom is 0.134 e. The highest BCUT2D eigenvalue weighted by atomic mass is 32.1. The minimum absolute atomic E-state index is 0.770. The van der Waals surface area contributed by atoms with Gasteiger partial charge in [0, 0.05) is 0 Å². The third-order valence-electron chi connectivity index (χ3n) is 1.43. The lowest BCUT2D eigenvalue weighted by Gasteiger charge is -1.80. The van der Waals surface area contributed by atoms with Gasteiger partial charge < -0.3 is 5.41 Å². The van der Waals surface area contributed by atoms with Crippen LogP contribution in [0.15, 0.2) is 24.3 Å². The van der Waals surface area contributed by atoms with Crippen LogP contribution in [0.25, 0.3) is 10.2 Å². The number of hydrogen-bond donors (Lipinski definition) is 1. The van der Waals surface area contributed by atoms with E-state index in [2.05, 4.69) is 4.98 Å². The zero-order valence-corrected chi connectivity index (χ0v) is 6.56. The van der Waals surface area contributed by atoms with Gasteiger partial charge >= 0.3 is 0 Å². The van der Waals surface area contributed by atoms with Crippen molar-refractivity contribution in [2.24, 2.45) is 0 Å². The van der Waals surface area contributed by atoms with Crippen LogP contribution < -0.4 is 0 Å². The molecule has 0 amide bonds. The van der Waals surface area contributed by atoms with Gasteiger partial charge in [-0.05, 0) is 12.1 Å². The SMILES string of the molecule is N=Cc1nc2ccccc2s1. The average molecular weight is 162 g/mol. The Labute approximate surface area is 68.0 Å². The van der Waals surface area contributed by atoms with E-state index in [0.29, 0.717) is 0 Å². The molecule has 1 N–H and O–H groups in total. The molecule has 0 saturated carbocycles. The Bertz CT molecular complexity index is 359. The molecule has 1 aromatic heterocycles. The van der Waals surface area contributed by atoms with Crippen molar-refractivity contribution in [1.82, 2.24) is 4.98 Å². The maximum atomic E-state index is 7.00. The summed E-state index contributed by atoms with van der Waals surface area (Å²) in [5.41, 5.74) is 0.982. The van der Waals surface area contributed by atoms with Crippen LogP contribution in [-0.2, 0) is 0 Å². The molecule has 2 aromatic rings. The number of nitrogens with one attached hydrogen (secondary N) is 1. The van der Waals surface area contributed by atoms with Crippen molar-refractivity contribution in [3.63, 3.8) is 0 Å². The minimum Gasteiger partial charge on any atom is -0.306 e. The molecule has 2 rings (SSSR count). The van der Waals surface area contributed by atoms with Crippen molar-refractivity contribution < 1.29 is 0 Å². The molecule has 0 saturated heterocycles. The van der Waals surface area contributed by atoms with E-state index in [0.717, 1.165) is 15.2 Å². The number of hydrogen-bond acceptors (Lipinski definition) is 3. The Balaban J connectivity index is 2.78.